The molecule has 31 heavy (non-hydrogen) atoms. The van der Waals surface area contributed by atoms with E-state index in [4.69, 9.17) is 12.8 Å². The summed E-state index contributed by atoms with van der Waals surface area (Å²) in [7, 11) is 6.76. The molecular weight excluding hydrogens is 443 g/mol. The van der Waals surface area contributed by atoms with Crippen LogP contribution >= 0.6 is 15.9 Å². The third-order valence-electron chi connectivity index (χ3n) is 5.82. The number of halogens is 1. The van der Waals surface area contributed by atoms with E-state index >= 15 is 0 Å². The van der Waals surface area contributed by atoms with E-state index in [0.29, 0.717) is 0 Å². The molecule has 0 aliphatic heterocycles. The van der Waals surface area contributed by atoms with Crippen LogP contribution in [0.2, 0.25) is 0 Å². The van der Waals surface area contributed by atoms with E-state index in [0.717, 1.165) is 48.8 Å². The summed E-state index contributed by atoms with van der Waals surface area (Å²) in [5.41, 5.74) is 4.59. The van der Waals surface area contributed by atoms with Crippen molar-refractivity contribution in [3.8, 4) is 17.1 Å². The summed E-state index contributed by atoms with van der Waals surface area (Å²) in [6.07, 6.45) is 0. The Morgan fingerprint density at radius 2 is 1.39 bits per heavy atom. The Balaban J connectivity index is 1.77. The molecule has 0 unspecified atom stereocenters. The second-order valence-electron chi connectivity index (χ2n) is 7.64. The first-order valence-electron chi connectivity index (χ1n) is 10.1. The minimum Gasteiger partial charge on any atom is -0.293 e. The molecule has 0 atom stereocenters. The summed E-state index contributed by atoms with van der Waals surface area (Å²) in [5, 5.41) is 4.48. The second-order valence-corrected chi connectivity index (χ2v) is 8.43. The van der Waals surface area contributed by atoms with Gasteiger partial charge in [0.15, 0.2) is 0 Å². The van der Waals surface area contributed by atoms with Crippen molar-refractivity contribution in [3.63, 3.8) is 0 Å². The number of nitrogens with zero attached hydrogens (tertiary/aromatic N) is 2. The molecule has 0 spiro atoms. The Kier molecular flexibility index (Phi) is 4.22. The van der Waals surface area contributed by atoms with Crippen LogP contribution in [0.3, 0.4) is 0 Å². The van der Waals surface area contributed by atoms with Gasteiger partial charge in [-0.2, -0.15) is 0 Å². The maximum atomic E-state index is 6.76. The lowest BCUT2D eigenvalue weighted by Crippen LogP contribution is -2.11. The number of hydrogen-bond acceptors (Lipinski definition) is 1. The van der Waals surface area contributed by atoms with Gasteiger partial charge in [-0.1, -0.05) is 84.3 Å². The van der Waals surface area contributed by atoms with Crippen molar-refractivity contribution in [1.29, 1.82) is 0 Å². The highest BCUT2D eigenvalue weighted by molar-refractivity contribution is 9.10. The smallest absolute Gasteiger partial charge is 0.145 e. The number of fused-ring (bicyclic) bond motifs is 3. The molecule has 2 nitrogen and oxygen atoms in total. The van der Waals surface area contributed by atoms with Crippen molar-refractivity contribution in [3.05, 3.63) is 102 Å². The van der Waals surface area contributed by atoms with Gasteiger partial charge in [-0.3, -0.25) is 4.57 Å². The van der Waals surface area contributed by atoms with E-state index in [1.807, 2.05) is 30.3 Å². The lowest BCUT2D eigenvalue weighted by Gasteiger charge is -2.13. The second kappa shape index (κ2) is 7.10. The summed E-state index contributed by atoms with van der Waals surface area (Å²) < 4.78 is 3.13. The fraction of sp³-hybridized carbons (Fsp3) is 0. The van der Waals surface area contributed by atoms with Crippen LogP contribution in [-0.2, 0) is 0 Å². The van der Waals surface area contributed by atoms with E-state index in [2.05, 4.69) is 87.2 Å². The predicted molar refractivity (Wildman–Crippen MR) is 135 cm³/mol. The number of imidazole rings is 1. The summed E-state index contributed by atoms with van der Waals surface area (Å²) >= 11 is 3.82. The molecular formula is C27H16BBrN2. The van der Waals surface area contributed by atoms with Crippen molar-refractivity contribution in [2.75, 3.05) is 0 Å². The van der Waals surface area contributed by atoms with E-state index < -0.39 is 0 Å². The molecule has 6 rings (SSSR count). The molecule has 0 bridgehead atoms. The quantitative estimate of drug-likeness (QED) is 0.269. The standard InChI is InChI=1S/C27H16BBrN2/c28-23-21-12-6-7-13-22(21)24(29)25-26(23)31(20-10-2-1-3-11-20)27(30-25)19-15-14-17-8-4-5-9-18(17)16-19/h1-16H. The molecule has 1 heterocycles. The van der Waals surface area contributed by atoms with Crippen LogP contribution in [0.4, 0.5) is 0 Å². The average Bonchev–Trinajstić information content (AvgIpc) is 3.24. The fourth-order valence-corrected chi connectivity index (χ4v) is 4.96. The summed E-state index contributed by atoms with van der Waals surface area (Å²) in [5.74, 6) is 0.870. The third-order valence-corrected chi connectivity index (χ3v) is 6.62. The molecule has 144 valence electrons. The first-order chi connectivity index (χ1) is 15.2. The first kappa shape index (κ1) is 18.4. The largest absolute Gasteiger partial charge is 0.293 e. The Morgan fingerprint density at radius 3 is 2.19 bits per heavy atom. The van der Waals surface area contributed by atoms with Crippen LogP contribution in [0.15, 0.2) is 102 Å². The molecule has 2 radical (unpaired) electrons. The summed E-state index contributed by atoms with van der Waals surface area (Å²) in [6.45, 7) is 0. The fourth-order valence-electron chi connectivity index (χ4n) is 4.34. The number of benzene rings is 5. The highest BCUT2D eigenvalue weighted by atomic mass is 79.9. The van der Waals surface area contributed by atoms with Gasteiger partial charge in [0.2, 0.25) is 0 Å². The normalized spacial score (nSPS) is 11.5. The van der Waals surface area contributed by atoms with Crippen LogP contribution in [0.25, 0.3) is 49.7 Å². The first-order valence-corrected chi connectivity index (χ1v) is 10.9. The Morgan fingerprint density at radius 1 is 0.710 bits per heavy atom. The maximum absolute atomic E-state index is 6.76. The highest BCUT2D eigenvalue weighted by Gasteiger charge is 2.20. The lowest BCUT2D eigenvalue weighted by molar-refractivity contribution is 1.11. The van der Waals surface area contributed by atoms with Crippen LogP contribution < -0.4 is 5.46 Å². The number of aromatic nitrogens is 2. The topological polar surface area (TPSA) is 17.8 Å². The SMILES string of the molecule is [B]c1c2ccccc2c(Br)c2nc(-c3ccc4ccccc4c3)n(-c3ccccc3)c12. The maximum Gasteiger partial charge on any atom is 0.145 e. The molecule has 6 aromatic rings. The van der Waals surface area contributed by atoms with Crippen molar-refractivity contribution < 1.29 is 0 Å². The van der Waals surface area contributed by atoms with Gasteiger partial charge in [-0.15, -0.1) is 0 Å². The highest BCUT2D eigenvalue weighted by Crippen LogP contribution is 2.36. The monoisotopic (exact) mass is 458 g/mol. The van der Waals surface area contributed by atoms with Crippen LogP contribution in [-0.4, -0.2) is 17.4 Å². The lowest BCUT2D eigenvalue weighted by atomic mass is 9.88. The zero-order chi connectivity index (χ0) is 20.9. The van der Waals surface area contributed by atoms with Crippen LogP contribution in [0, 0.1) is 0 Å². The van der Waals surface area contributed by atoms with Crippen molar-refractivity contribution in [2.45, 2.75) is 0 Å². The molecule has 0 amide bonds. The van der Waals surface area contributed by atoms with E-state index in [1.165, 1.54) is 10.8 Å². The van der Waals surface area contributed by atoms with Crippen molar-refractivity contribution >= 4 is 61.8 Å². The van der Waals surface area contributed by atoms with Crippen LogP contribution in [0.1, 0.15) is 0 Å². The van der Waals surface area contributed by atoms with E-state index in [1.54, 1.807) is 0 Å². The molecule has 0 aliphatic rings. The molecule has 0 saturated heterocycles. The zero-order valence-electron chi connectivity index (χ0n) is 16.6. The van der Waals surface area contributed by atoms with Gasteiger partial charge in [-0.05, 0) is 55.7 Å². The molecule has 0 N–H and O–H groups in total. The molecule has 5 aromatic carbocycles. The van der Waals surface area contributed by atoms with Crippen LogP contribution in [0.5, 0.6) is 0 Å². The minimum atomic E-state index is 0.734. The zero-order valence-corrected chi connectivity index (χ0v) is 18.2. The summed E-state index contributed by atoms with van der Waals surface area (Å²) in [4.78, 5) is 5.11. The predicted octanol–water partition coefficient (Wildman–Crippen LogP) is 6.56. The van der Waals surface area contributed by atoms with Gasteiger partial charge < -0.3 is 0 Å². The summed E-state index contributed by atoms with van der Waals surface area (Å²) in [6, 6.07) is 33.3. The number of rotatable bonds is 2. The minimum absolute atomic E-state index is 0.734. The Labute approximate surface area is 189 Å². The third kappa shape index (κ3) is 2.83. The molecule has 4 heteroatoms. The Hall–Kier alpha value is -3.37. The Bertz CT molecular complexity index is 1600. The number of hydrogen-bond donors (Lipinski definition) is 0. The van der Waals surface area contributed by atoms with Gasteiger partial charge in [0.25, 0.3) is 0 Å². The van der Waals surface area contributed by atoms with Gasteiger partial charge >= 0.3 is 0 Å². The van der Waals surface area contributed by atoms with Gasteiger partial charge in [0, 0.05) is 11.3 Å². The molecule has 0 aliphatic carbocycles. The average molecular weight is 459 g/mol. The van der Waals surface area contributed by atoms with E-state index in [-0.39, 0.29) is 0 Å². The molecule has 0 fully saturated rings. The van der Waals surface area contributed by atoms with E-state index in [9.17, 15) is 0 Å². The van der Waals surface area contributed by atoms with Gasteiger partial charge in [0.05, 0.1) is 9.99 Å². The number of para-hydroxylation sites is 1. The molecule has 0 saturated carbocycles. The van der Waals surface area contributed by atoms with Crippen molar-refractivity contribution in [1.82, 2.24) is 9.55 Å². The van der Waals surface area contributed by atoms with Crippen molar-refractivity contribution in [2.24, 2.45) is 0 Å². The van der Waals surface area contributed by atoms with Gasteiger partial charge in [0.1, 0.15) is 19.2 Å². The van der Waals surface area contributed by atoms with Gasteiger partial charge in [-0.25, -0.2) is 4.98 Å². The molecule has 1 aromatic heterocycles.